The number of ether oxygens (including phenoxy) is 1. The Morgan fingerprint density at radius 3 is 3.07 bits per heavy atom. The zero-order valence-electron chi connectivity index (χ0n) is 8.33. The third-order valence-electron chi connectivity index (χ3n) is 2.67. The van der Waals surface area contributed by atoms with Crippen LogP contribution in [0.3, 0.4) is 0 Å². The summed E-state index contributed by atoms with van der Waals surface area (Å²) in [6, 6.07) is 6.76. The predicted octanol–water partition coefficient (Wildman–Crippen LogP) is 2.62. The van der Waals surface area contributed by atoms with Gasteiger partial charge >= 0.3 is 0 Å². The first-order valence-electron chi connectivity index (χ1n) is 5.19. The first kappa shape index (κ1) is 10.1. The number of aryl methyl sites for hydroxylation is 1. The van der Waals surface area contributed by atoms with E-state index in [1.807, 2.05) is 0 Å². The molecule has 0 aliphatic carbocycles. The van der Waals surface area contributed by atoms with Crippen molar-refractivity contribution >= 4 is 12.6 Å². The molecule has 2 heteroatoms. The summed E-state index contributed by atoms with van der Waals surface area (Å²) >= 11 is 4.23. The van der Waals surface area contributed by atoms with Gasteiger partial charge in [-0.1, -0.05) is 18.2 Å². The second-order valence-corrected chi connectivity index (χ2v) is 4.18. The lowest BCUT2D eigenvalue weighted by molar-refractivity contribution is 0.110. The zero-order chi connectivity index (χ0) is 9.80. The molecule has 0 N–H and O–H groups in total. The Morgan fingerprint density at radius 2 is 2.21 bits per heavy atom. The molecule has 0 spiro atoms. The van der Waals surface area contributed by atoms with Crippen LogP contribution in [0.2, 0.25) is 0 Å². The van der Waals surface area contributed by atoms with Crippen LogP contribution in [0.15, 0.2) is 18.2 Å². The highest BCUT2D eigenvalue weighted by molar-refractivity contribution is 7.80. The van der Waals surface area contributed by atoms with Crippen LogP contribution >= 0.6 is 12.6 Å². The fraction of sp³-hybridized carbons (Fsp3) is 0.500. The lowest BCUT2D eigenvalue weighted by atomic mass is 9.98. The van der Waals surface area contributed by atoms with Gasteiger partial charge in [0.1, 0.15) is 0 Å². The summed E-state index contributed by atoms with van der Waals surface area (Å²) in [5, 5.41) is 0. The van der Waals surface area contributed by atoms with E-state index in [4.69, 9.17) is 4.74 Å². The summed E-state index contributed by atoms with van der Waals surface area (Å²) in [4.78, 5) is 0. The zero-order valence-corrected chi connectivity index (χ0v) is 9.22. The van der Waals surface area contributed by atoms with Gasteiger partial charge in [-0.2, -0.15) is 12.6 Å². The quantitative estimate of drug-likeness (QED) is 0.751. The van der Waals surface area contributed by atoms with Crippen molar-refractivity contribution in [3.63, 3.8) is 0 Å². The molecule has 0 bridgehead atoms. The first-order chi connectivity index (χ1) is 6.90. The van der Waals surface area contributed by atoms with Crippen LogP contribution in [-0.4, -0.2) is 12.4 Å². The van der Waals surface area contributed by atoms with Crippen molar-refractivity contribution in [2.24, 2.45) is 0 Å². The lowest BCUT2D eigenvalue weighted by Gasteiger charge is -2.17. The standard InChI is InChI=1S/C12H16OS/c14-7-1-2-10-3-4-12-9-13-6-5-11(12)8-10/h3-4,8,14H,1-2,5-7,9H2. The van der Waals surface area contributed by atoms with Gasteiger partial charge in [-0.3, -0.25) is 0 Å². The maximum atomic E-state index is 5.40. The minimum Gasteiger partial charge on any atom is -0.376 e. The molecule has 0 fully saturated rings. The lowest BCUT2D eigenvalue weighted by Crippen LogP contribution is -2.10. The molecule has 0 aromatic heterocycles. The summed E-state index contributed by atoms with van der Waals surface area (Å²) in [7, 11) is 0. The van der Waals surface area contributed by atoms with E-state index >= 15 is 0 Å². The van der Waals surface area contributed by atoms with Gasteiger partial charge in [-0.15, -0.1) is 0 Å². The van der Waals surface area contributed by atoms with Gasteiger partial charge in [-0.05, 0) is 41.7 Å². The minimum atomic E-state index is 0.794. The number of hydrogen-bond donors (Lipinski definition) is 1. The Morgan fingerprint density at radius 1 is 1.29 bits per heavy atom. The Kier molecular flexibility index (Phi) is 3.49. The first-order valence-corrected chi connectivity index (χ1v) is 5.82. The summed E-state index contributed by atoms with van der Waals surface area (Å²) in [6.07, 6.45) is 3.39. The van der Waals surface area contributed by atoms with E-state index in [0.29, 0.717) is 0 Å². The molecule has 0 radical (unpaired) electrons. The van der Waals surface area contributed by atoms with Gasteiger partial charge in [0.25, 0.3) is 0 Å². The molecule has 0 unspecified atom stereocenters. The third-order valence-corrected chi connectivity index (χ3v) is 2.98. The van der Waals surface area contributed by atoms with Gasteiger partial charge in [-0.25, -0.2) is 0 Å². The van der Waals surface area contributed by atoms with Crippen LogP contribution in [0.1, 0.15) is 23.1 Å². The monoisotopic (exact) mass is 208 g/mol. The Balaban J connectivity index is 2.12. The molecule has 2 rings (SSSR count). The fourth-order valence-corrected chi connectivity index (χ4v) is 2.01. The molecule has 1 aromatic rings. The van der Waals surface area contributed by atoms with E-state index in [9.17, 15) is 0 Å². The Labute approximate surface area is 90.9 Å². The number of rotatable bonds is 3. The summed E-state index contributed by atoms with van der Waals surface area (Å²) in [5.41, 5.74) is 4.29. The summed E-state index contributed by atoms with van der Waals surface area (Å²) in [6.45, 7) is 1.67. The van der Waals surface area contributed by atoms with Crippen molar-refractivity contribution in [3.8, 4) is 0 Å². The second kappa shape index (κ2) is 4.85. The van der Waals surface area contributed by atoms with Crippen LogP contribution in [-0.2, 0) is 24.2 Å². The maximum absolute atomic E-state index is 5.40. The molecular weight excluding hydrogens is 192 g/mol. The SMILES string of the molecule is SCCCc1ccc2c(c1)CCOC2. The Hall–Kier alpha value is -0.470. The second-order valence-electron chi connectivity index (χ2n) is 3.73. The van der Waals surface area contributed by atoms with E-state index in [0.717, 1.165) is 31.8 Å². The van der Waals surface area contributed by atoms with E-state index in [2.05, 4.69) is 30.8 Å². The highest BCUT2D eigenvalue weighted by atomic mass is 32.1. The molecule has 76 valence electrons. The van der Waals surface area contributed by atoms with Crippen molar-refractivity contribution in [2.75, 3.05) is 12.4 Å². The van der Waals surface area contributed by atoms with E-state index in [1.165, 1.54) is 23.1 Å². The van der Waals surface area contributed by atoms with E-state index in [1.54, 1.807) is 0 Å². The molecule has 0 atom stereocenters. The van der Waals surface area contributed by atoms with Crippen molar-refractivity contribution in [1.29, 1.82) is 0 Å². The van der Waals surface area contributed by atoms with Gasteiger partial charge in [0.2, 0.25) is 0 Å². The van der Waals surface area contributed by atoms with Gasteiger partial charge in [0.05, 0.1) is 13.2 Å². The van der Waals surface area contributed by atoms with Crippen LogP contribution in [0.5, 0.6) is 0 Å². The highest BCUT2D eigenvalue weighted by Gasteiger charge is 2.09. The smallest absolute Gasteiger partial charge is 0.0719 e. The Bertz CT molecular complexity index is 309. The number of fused-ring (bicyclic) bond motifs is 1. The van der Waals surface area contributed by atoms with Crippen LogP contribution in [0, 0.1) is 0 Å². The molecular formula is C12H16OS. The van der Waals surface area contributed by atoms with E-state index in [-0.39, 0.29) is 0 Å². The average molecular weight is 208 g/mol. The third kappa shape index (κ3) is 2.31. The molecule has 1 aliphatic heterocycles. The topological polar surface area (TPSA) is 9.23 Å². The molecule has 1 heterocycles. The molecule has 0 amide bonds. The minimum absolute atomic E-state index is 0.794. The fourth-order valence-electron chi connectivity index (χ4n) is 1.86. The van der Waals surface area contributed by atoms with Gasteiger partial charge in [0.15, 0.2) is 0 Å². The molecule has 0 saturated heterocycles. The largest absolute Gasteiger partial charge is 0.376 e. The molecule has 14 heavy (non-hydrogen) atoms. The van der Waals surface area contributed by atoms with Crippen LogP contribution in [0.4, 0.5) is 0 Å². The van der Waals surface area contributed by atoms with E-state index < -0.39 is 0 Å². The average Bonchev–Trinajstić information content (AvgIpc) is 2.26. The highest BCUT2D eigenvalue weighted by Crippen LogP contribution is 2.19. The van der Waals surface area contributed by atoms with Crippen LogP contribution < -0.4 is 0 Å². The van der Waals surface area contributed by atoms with Crippen LogP contribution in [0.25, 0.3) is 0 Å². The summed E-state index contributed by atoms with van der Waals surface area (Å²) in [5.74, 6) is 0.972. The number of hydrogen-bond acceptors (Lipinski definition) is 2. The van der Waals surface area contributed by atoms with Crippen molar-refractivity contribution < 1.29 is 4.74 Å². The van der Waals surface area contributed by atoms with Gasteiger partial charge in [0, 0.05) is 0 Å². The normalized spacial score (nSPS) is 15.2. The van der Waals surface area contributed by atoms with Crippen molar-refractivity contribution in [3.05, 3.63) is 34.9 Å². The number of thiol groups is 1. The molecule has 0 saturated carbocycles. The molecule has 1 nitrogen and oxygen atoms in total. The maximum Gasteiger partial charge on any atom is 0.0719 e. The number of benzene rings is 1. The van der Waals surface area contributed by atoms with Gasteiger partial charge < -0.3 is 4.74 Å². The molecule has 1 aliphatic rings. The summed E-state index contributed by atoms with van der Waals surface area (Å²) < 4.78 is 5.40. The van der Waals surface area contributed by atoms with Crippen molar-refractivity contribution in [2.45, 2.75) is 25.9 Å². The molecule has 1 aromatic carbocycles. The predicted molar refractivity (Wildman–Crippen MR) is 62.0 cm³/mol. The van der Waals surface area contributed by atoms with Crippen molar-refractivity contribution in [1.82, 2.24) is 0 Å².